The number of primary amides is 1. The standard InChI is InChI=1S/C15H21F3N4O2/c16-15(17,18)11-7-22(6-10(11)13(20)24)8-12(23)21-14(9-19)4-2-1-3-5-14/h10-11H,1-8H2,(H2,20,24)(H,21,23)/t10-,11-/m1/s1. The molecule has 2 atom stereocenters. The molecule has 0 unspecified atom stereocenters. The molecule has 0 bridgehead atoms. The van der Waals surface area contributed by atoms with Gasteiger partial charge >= 0.3 is 6.18 Å². The monoisotopic (exact) mass is 346 g/mol. The van der Waals surface area contributed by atoms with Gasteiger partial charge in [-0.3, -0.25) is 14.5 Å². The van der Waals surface area contributed by atoms with Gasteiger partial charge in [-0.1, -0.05) is 19.3 Å². The van der Waals surface area contributed by atoms with E-state index >= 15 is 0 Å². The summed E-state index contributed by atoms with van der Waals surface area (Å²) in [6.45, 7) is -0.920. The van der Waals surface area contributed by atoms with E-state index in [1.807, 2.05) is 0 Å². The molecule has 1 aliphatic heterocycles. The second-order valence-corrected chi connectivity index (χ2v) is 6.65. The van der Waals surface area contributed by atoms with Crippen LogP contribution in [0.5, 0.6) is 0 Å². The Morgan fingerprint density at radius 3 is 2.33 bits per heavy atom. The first-order chi connectivity index (χ1) is 11.2. The summed E-state index contributed by atoms with van der Waals surface area (Å²) in [5.41, 5.74) is 4.13. The summed E-state index contributed by atoms with van der Waals surface area (Å²) in [7, 11) is 0. The minimum atomic E-state index is -4.54. The summed E-state index contributed by atoms with van der Waals surface area (Å²) in [4.78, 5) is 24.7. The minimum Gasteiger partial charge on any atom is -0.369 e. The molecular weight excluding hydrogens is 325 g/mol. The molecule has 6 nitrogen and oxygen atoms in total. The van der Waals surface area contributed by atoms with Crippen LogP contribution in [-0.2, 0) is 9.59 Å². The number of nitrogens with two attached hydrogens (primary N) is 1. The van der Waals surface area contributed by atoms with Crippen molar-refractivity contribution in [3.8, 4) is 6.07 Å². The van der Waals surface area contributed by atoms with Crippen molar-refractivity contribution in [3.05, 3.63) is 0 Å². The molecule has 0 aromatic heterocycles. The van der Waals surface area contributed by atoms with E-state index in [2.05, 4.69) is 11.4 Å². The van der Waals surface area contributed by atoms with Gasteiger partial charge in [-0.2, -0.15) is 18.4 Å². The molecule has 0 radical (unpaired) electrons. The van der Waals surface area contributed by atoms with E-state index in [-0.39, 0.29) is 13.1 Å². The van der Waals surface area contributed by atoms with Crippen LogP contribution in [0.15, 0.2) is 0 Å². The molecule has 1 saturated carbocycles. The largest absolute Gasteiger partial charge is 0.393 e. The van der Waals surface area contributed by atoms with Crippen LogP contribution in [0.1, 0.15) is 32.1 Å². The highest BCUT2D eigenvalue weighted by Crippen LogP contribution is 2.37. The van der Waals surface area contributed by atoms with Crippen molar-refractivity contribution in [1.29, 1.82) is 5.26 Å². The van der Waals surface area contributed by atoms with Crippen molar-refractivity contribution in [1.82, 2.24) is 10.2 Å². The Bertz CT molecular complexity index is 538. The number of nitrogens with zero attached hydrogens (tertiary/aromatic N) is 2. The number of halogens is 3. The van der Waals surface area contributed by atoms with Crippen LogP contribution in [0.4, 0.5) is 13.2 Å². The minimum absolute atomic E-state index is 0.202. The van der Waals surface area contributed by atoms with Gasteiger partial charge in [-0.05, 0) is 12.8 Å². The lowest BCUT2D eigenvalue weighted by molar-refractivity contribution is -0.182. The summed E-state index contributed by atoms with van der Waals surface area (Å²) in [5.74, 6) is -4.72. The van der Waals surface area contributed by atoms with Gasteiger partial charge in [0.2, 0.25) is 11.8 Å². The molecule has 0 spiro atoms. The third-order valence-electron chi connectivity index (χ3n) is 4.85. The molecule has 1 heterocycles. The summed E-state index contributed by atoms with van der Waals surface area (Å²) in [6.07, 6.45) is -0.787. The third kappa shape index (κ3) is 4.17. The van der Waals surface area contributed by atoms with E-state index in [4.69, 9.17) is 5.73 Å². The van der Waals surface area contributed by atoms with Crippen molar-refractivity contribution in [2.24, 2.45) is 17.6 Å². The normalized spacial score (nSPS) is 27.4. The van der Waals surface area contributed by atoms with Crippen molar-refractivity contribution >= 4 is 11.8 Å². The van der Waals surface area contributed by atoms with Gasteiger partial charge in [0.25, 0.3) is 0 Å². The zero-order valence-corrected chi connectivity index (χ0v) is 13.2. The number of nitrogens with one attached hydrogen (secondary N) is 1. The van der Waals surface area contributed by atoms with Crippen LogP contribution >= 0.6 is 0 Å². The molecule has 1 saturated heterocycles. The average molecular weight is 346 g/mol. The molecule has 2 amide bonds. The molecule has 2 rings (SSSR count). The Balaban J connectivity index is 1.97. The van der Waals surface area contributed by atoms with Crippen LogP contribution in [0.2, 0.25) is 0 Å². The number of nitriles is 1. The lowest BCUT2D eigenvalue weighted by Gasteiger charge is -2.32. The molecule has 2 aliphatic rings. The first-order valence-corrected chi connectivity index (χ1v) is 7.97. The lowest BCUT2D eigenvalue weighted by atomic mass is 9.83. The topological polar surface area (TPSA) is 99.2 Å². The van der Waals surface area contributed by atoms with Crippen molar-refractivity contribution in [2.75, 3.05) is 19.6 Å². The van der Waals surface area contributed by atoms with Gasteiger partial charge in [0.15, 0.2) is 0 Å². The lowest BCUT2D eigenvalue weighted by Crippen LogP contribution is -2.51. The van der Waals surface area contributed by atoms with Gasteiger partial charge in [0.1, 0.15) is 5.54 Å². The van der Waals surface area contributed by atoms with E-state index in [0.29, 0.717) is 12.8 Å². The fraction of sp³-hybridized carbons (Fsp3) is 0.800. The number of rotatable bonds is 4. The predicted octanol–water partition coefficient (Wildman–Crippen LogP) is 0.925. The number of alkyl halides is 3. The number of likely N-dealkylation sites (tertiary alicyclic amines) is 1. The predicted molar refractivity (Wildman–Crippen MR) is 78.2 cm³/mol. The number of hydrogen-bond acceptors (Lipinski definition) is 4. The highest BCUT2D eigenvalue weighted by molar-refractivity contribution is 5.80. The Morgan fingerprint density at radius 2 is 1.88 bits per heavy atom. The summed E-state index contributed by atoms with van der Waals surface area (Å²) < 4.78 is 39.0. The SMILES string of the molecule is N#CC1(NC(=O)CN2C[C@@H](C(F)(F)F)[C@H](C(N)=O)C2)CCCCC1. The average Bonchev–Trinajstić information content (AvgIpc) is 2.92. The Hall–Kier alpha value is -1.82. The zero-order chi connectivity index (χ0) is 18.0. The fourth-order valence-electron chi connectivity index (χ4n) is 3.56. The molecule has 0 aromatic carbocycles. The maximum atomic E-state index is 13.0. The van der Waals surface area contributed by atoms with Crippen molar-refractivity contribution < 1.29 is 22.8 Å². The van der Waals surface area contributed by atoms with Crippen LogP contribution in [-0.4, -0.2) is 48.1 Å². The van der Waals surface area contributed by atoms with Gasteiger partial charge in [-0.15, -0.1) is 0 Å². The molecule has 134 valence electrons. The quantitative estimate of drug-likeness (QED) is 0.791. The third-order valence-corrected chi connectivity index (χ3v) is 4.85. The number of carbonyl (C=O) groups is 2. The first-order valence-electron chi connectivity index (χ1n) is 7.97. The molecule has 9 heteroatoms. The number of amides is 2. The Morgan fingerprint density at radius 1 is 1.25 bits per heavy atom. The van der Waals surface area contributed by atoms with Crippen molar-refractivity contribution in [2.45, 2.75) is 43.8 Å². The van der Waals surface area contributed by atoms with Crippen molar-refractivity contribution in [3.63, 3.8) is 0 Å². The van der Waals surface area contributed by atoms with Gasteiger partial charge in [-0.25, -0.2) is 0 Å². The maximum absolute atomic E-state index is 13.0. The number of hydrogen-bond donors (Lipinski definition) is 2. The fourth-order valence-corrected chi connectivity index (χ4v) is 3.56. The summed E-state index contributed by atoms with van der Waals surface area (Å²) >= 11 is 0. The second kappa shape index (κ2) is 6.97. The highest BCUT2D eigenvalue weighted by atomic mass is 19.4. The van der Waals surface area contributed by atoms with Gasteiger partial charge in [0.05, 0.1) is 24.4 Å². The van der Waals surface area contributed by atoms with E-state index in [9.17, 15) is 28.0 Å². The maximum Gasteiger partial charge on any atom is 0.393 e. The Kier molecular flexibility index (Phi) is 5.38. The summed E-state index contributed by atoms with van der Waals surface area (Å²) in [5, 5.41) is 12.0. The van der Waals surface area contributed by atoms with E-state index in [1.165, 1.54) is 4.90 Å². The molecule has 3 N–H and O–H groups in total. The van der Waals surface area contributed by atoms with Crippen LogP contribution < -0.4 is 11.1 Å². The smallest absolute Gasteiger partial charge is 0.369 e. The molecule has 2 fully saturated rings. The van der Waals surface area contributed by atoms with Crippen LogP contribution in [0.3, 0.4) is 0 Å². The zero-order valence-electron chi connectivity index (χ0n) is 13.2. The highest BCUT2D eigenvalue weighted by Gasteiger charge is 2.52. The first kappa shape index (κ1) is 18.5. The van der Waals surface area contributed by atoms with Crippen LogP contribution in [0.25, 0.3) is 0 Å². The molecule has 24 heavy (non-hydrogen) atoms. The summed E-state index contributed by atoms with van der Waals surface area (Å²) in [6, 6.07) is 2.13. The van der Waals surface area contributed by atoms with Crippen LogP contribution in [0, 0.1) is 23.2 Å². The van der Waals surface area contributed by atoms with Gasteiger partial charge in [0, 0.05) is 13.1 Å². The number of carbonyl (C=O) groups excluding carboxylic acids is 2. The van der Waals surface area contributed by atoms with E-state index in [1.54, 1.807) is 0 Å². The molecule has 0 aromatic rings. The van der Waals surface area contributed by atoms with E-state index in [0.717, 1.165) is 19.3 Å². The molecular formula is C15H21F3N4O2. The van der Waals surface area contributed by atoms with Gasteiger partial charge < -0.3 is 11.1 Å². The molecule has 1 aliphatic carbocycles. The Labute approximate surface area is 138 Å². The van der Waals surface area contributed by atoms with E-state index < -0.39 is 41.9 Å². The second-order valence-electron chi connectivity index (χ2n) is 6.65.